The van der Waals surface area contributed by atoms with Crippen LogP contribution >= 0.6 is 0 Å². The van der Waals surface area contributed by atoms with Gasteiger partial charge in [0.05, 0.1) is 11.9 Å². The number of nitrogens with one attached hydrogen (secondary N) is 1. The molecule has 1 rings (SSSR count). The highest BCUT2D eigenvalue weighted by Crippen LogP contribution is 2.26. The summed E-state index contributed by atoms with van der Waals surface area (Å²) in [6.45, 7) is 9.94. The van der Waals surface area contributed by atoms with Crippen LogP contribution in [0.5, 0.6) is 0 Å². The third-order valence-electron chi connectivity index (χ3n) is 3.10. The van der Waals surface area contributed by atoms with Gasteiger partial charge in [-0.05, 0) is 23.5 Å². The predicted octanol–water partition coefficient (Wildman–Crippen LogP) is 2.76. The number of rotatable bonds is 4. The molecule has 0 fully saturated rings. The van der Waals surface area contributed by atoms with Crippen LogP contribution < -0.4 is 11.1 Å². The van der Waals surface area contributed by atoms with Crippen LogP contribution in [0, 0.1) is 11.3 Å². The van der Waals surface area contributed by atoms with Crippen LogP contribution in [-0.2, 0) is 0 Å². The lowest BCUT2D eigenvalue weighted by atomic mass is 9.81. The number of nitrogens with two attached hydrogens (primary N) is 1. The molecule has 0 aliphatic heterocycles. The molecule has 0 aliphatic carbocycles. The van der Waals surface area contributed by atoms with E-state index in [9.17, 15) is 0 Å². The highest BCUT2D eigenvalue weighted by Gasteiger charge is 2.21. The second-order valence-electron chi connectivity index (χ2n) is 4.97. The third kappa shape index (κ3) is 3.42. The fourth-order valence-corrected chi connectivity index (χ4v) is 1.04. The maximum atomic E-state index is 5.52. The average molecular weight is 207 g/mol. The van der Waals surface area contributed by atoms with Crippen molar-refractivity contribution in [3.05, 3.63) is 18.3 Å². The van der Waals surface area contributed by atoms with Gasteiger partial charge >= 0.3 is 0 Å². The van der Waals surface area contributed by atoms with Crippen molar-refractivity contribution in [1.82, 2.24) is 4.98 Å². The Morgan fingerprint density at radius 3 is 2.53 bits per heavy atom. The number of aromatic nitrogens is 1. The molecule has 3 N–H and O–H groups in total. The molecule has 0 unspecified atom stereocenters. The Kier molecular flexibility index (Phi) is 3.56. The molecule has 0 saturated heterocycles. The van der Waals surface area contributed by atoms with Gasteiger partial charge in [-0.3, -0.25) is 0 Å². The summed E-state index contributed by atoms with van der Waals surface area (Å²) < 4.78 is 0. The standard InChI is InChI=1S/C12H21N3/c1-9(2)12(3,4)8-15-10-5-6-11(13)14-7-10/h5-7,9,15H,8H2,1-4H3,(H2,13,14). The lowest BCUT2D eigenvalue weighted by Crippen LogP contribution is -2.28. The van der Waals surface area contributed by atoms with E-state index >= 15 is 0 Å². The van der Waals surface area contributed by atoms with Gasteiger partial charge < -0.3 is 11.1 Å². The highest BCUT2D eigenvalue weighted by molar-refractivity contribution is 5.45. The van der Waals surface area contributed by atoms with E-state index in [1.165, 1.54) is 0 Å². The molecule has 0 aliphatic rings. The van der Waals surface area contributed by atoms with Gasteiger partial charge in [0.1, 0.15) is 5.82 Å². The van der Waals surface area contributed by atoms with Crippen molar-refractivity contribution in [1.29, 1.82) is 0 Å². The van der Waals surface area contributed by atoms with Crippen LogP contribution in [0.25, 0.3) is 0 Å². The number of hydrogen-bond acceptors (Lipinski definition) is 3. The summed E-state index contributed by atoms with van der Waals surface area (Å²) in [6, 6.07) is 3.77. The van der Waals surface area contributed by atoms with E-state index < -0.39 is 0 Å². The van der Waals surface area contributed by atoms with Gasteiger partial charge in [0, 0.05) is 6.54 Å². The first-order valence-electron chi connectivity index (χ1n) is 5.37. The SMILES string of the molecule is CC(C)C(C)(C)CNc1ccc(N)nc1. The normalized spacial score (nSPS) is 11.8. The molecule has 0 aromatic carbocycles. The van der Waals surface area contributed by atoms with Crippen molar-refractivity contribution in [3.8, 4) is 0 Å². The Hall–Kier alpha value is -1.25. The molecule has 3 heteroatoms. The van der Waals surface area contributed by atoms with E-state index in [0.29, 0.717) is 11.7 Å². The first-order valence-corrected chi connectivity index (χ1v) is 5.37. The highest BCUT2D eigenvalue weighted by atomic mass is 14.9. The molecule has 0 saturated carbocycles. The lowest BCUT2D eigenvalue weighted by Gasteiger charge is -2.29. The van der Waals surface area contributed by atoms with Crippen LogP contribution in [0.2, 0.25) is 0 Å². The zero-order valence-electron chi connectivity index (χ0n) is 10.0. The van der Waals surface area contributed by atoms with Crippen molar-refractivity contribution >= 4 is 11.5 Å². The molecule has 0 atom stereocenters. The van der Waals surface area contributed by atoms with Crippen LogP contribution in [0.4, 0.5) is 11.5 Å². The molecule has 0 spiro atoms. The predicted molar refractivity (Wildman–Crippen MR) is 65.8 cm³/mol. The van der Waals surface area contributed by atoms with Gasteiger partial charge in [0.2, 0.25) is 0 Å². The van der Waals surface area contributed by atoms with Crippen LogP contribution in [-0.4, -0.2) is 11.5 Å². The Labute approximate surface area is 92.1 Å². The minimum atomic E-state index is 0.279. The van der Waals surface area contributed by atoms with E-state index in [1.807, 2.05) is 12.1 Å². The van der Waals surface area contributed by atoms with Crippen molar-refractivity contribution in [2.75, 3.05) is 17.6 Å². The number of nitrogens with zero attached hydrogens (tertiary/aromatic N) is 1. The molecule has 84 valence electrons. The molecule has 15 heavy (non-hydrogen) atoms. The van der Waals surface area contributed by atoms with Gasteiger partial charge in [-0.2, -0.15) is 0 Å². The summed E-state index contributed by atoms with van der Waals surface area (Å²) in [5.41, 5.74) is 6.82. The first-order chi connectivity index (χ1) is 6.92. The third-order valence-corrected chi connectivity index (χ3v) is 3.10. The molecule has 0 radical (unpaired) electrons. The second-order valence-corrected chi connectivity index (χ2v) is 4.97. The Bertz CT molecular complexity index is 301. The molecule has 0 amide bonds. The van der Waals surface area contributed by atoms with Crippen LogP contribution in [0.15, 0.2) is 18.3 Å². The largest absolute Gasteiger partial charge is 0.384 e. The Morgan fingerprint density at radius 2 is 2.07 bits per heavy atom. The lowest BCUT2D eigenvalue weighted by molar-refractivity contribution is 0.269. The molecular formula is C12H21N3. The van der Waals surface area contributed by atoms with E-state index in [0.717, 1.165) is 12.2 Å². The maximum Gasteiger partial charge on any atom is 0.123 e. The van der Waals surface area contributed by atoms with E-state index in [-0.39, 0.29) is 5.41 Å². The summed E-state index contributed by atoms with van der Waals surface area (Å²) in [6.07, 6.45) is 1.77. The summed E-state index contributed by atoms with van der Waals surface area (Å²) in [4.78, 5) is 4.04. The summed E-state index contributed by atoms with van der Waals surface area (Å²) in [7, 11) is 0. The second kappa shape index (κ2) is 4.51. The van der Waals surface area contributed by atoms with Crippen LogP contribution in [0.1, 0.15) is 27.7 Å². The fourth-order valence-electron chi connectivity index (χ4n) is 1.04. The smallest absolute Gasteiger partial charge is 0.123 e. The van der Waals surface area contributed by atoms with Gasteiger partial charge in [-0.1, -0.05) is 27.7 Å². The minimum absolute atomic E-state index is 0.279. The van der Waals surface area contributed by atoms with Gasteiger partial charge in [-0.15, -0.1) is 0 Å². The topological polar surface area (TPSA) is 50.9 Å². The summed E-state index contributed by atoms with van der Waals surface area (Å²) in [5.74, 6) is 1.20. The molecule has 1 heterocycles. The van der Waals surface area contributed by atoms with Crippen LogP contribution in [0.3, 0.4) is 0 Å². The van der Waals surface area contributed by atoms with Gasteiger partial charge in [0.15, 0.2) is 0 Å². The zero-order chi connectivity index (χ0) is 11.5. The van der Waals surface area contributed by atoms with E-state index in [4.69, 9.17) is 5.73 Å². The van der Waals surface area contributed by atoms with Gasteiger partial charge in [-0.25, -0.2) is 4.98 Å². The Balaban J connectivity index is 2.54. The number of anilines is 2. The molecule has 3 nitrogen and oxygen atoms in total. The summed E-state index contributed by atoms with van der Waals surface area (Å²) >= 11 is 0. The first kappa shape index (κ1) is 11.8. The number of hydrogen-bond donors (Lipinski definition) is 2. The van der Waals surface area contributed by atoms with Crippen molar-refractivity contribution in [3.63, 3.8) is 0 Å². The molecule has 1 aromatic heterocycles. The zero-order valence-corrected chi connectivity index (χ0v) is 10.0. The van der Waals surface area contributed by atoms with Crippen molar-refractivity contribution < 1.29 is 0 Å². The number of nitrogen functional groups attached to an aromatic ring is 1. The van der Waals surface area contributed by atoms with E-state index in [2.05, 4.69) is 38.0 Å². The van der Waals surface area contributed by atoms with Gasteiger partial charge in [0.25, 0.3) is 0 Å². The van der Waals surface area contributed by atoms with Crippen molar-refractivity contribution in [2.45, 2.75) is 27.7 Å². The Morgan fingerprint density at radius 1 is 1.40 bits per heavy atom. The minimum Gasteiger partial charge on any atom is -0.384 e. The fraction of sp³-hybridized carbons (Fsp3) is 0.583. The average Bonchev–Trinajstić information content (AvgIpc) is 2.17. The van der Waals surface area contributed by atoms with E-state index in [1.54, 1.807) is 6.20 Å². The maximum absolute atomic E-state index is 5.52. The summed E-state index contributed by atoms with van der Waals surface area (Å²) in [5, 5.41) is 3.38. The molecular weight excluding hydrogens is 186 g/mol. The molecule has 1 aromatic rings. The molecule has 0 bridgehead atoms. The monoisotopic (exact) mass is 207 g/mol. The number of pyridine rings is 1. The quantitative estimate of drug-likeness (QED) is 0.798. The van der Waals surface area contributed by atoms with Crippen molar-refractivity contribution in [2.24, 2.45) is 11.3 Å².